The summed E-state index contributed by atoms with van der Waals surface area (Å²) in [5, 5.41) is 6.50. The second kappa shape index (κ2) is 7.74. The van der Waals surface area contributed by atoms with Crippen molar-refractivity contribution in [1.29, 1.82) is 0 Å². The Balaban J connectivity index is 1.73. The molecule has 0 saturated carbocycles. The average Bonchev–Trinajstić information content (AvgIpc) is 2.64. The third-order valence-electron chi connectivity index (χ3n) is 3.82. The van der Waals surface area contributed by atoms with Gasteiger partial charge in [0.15, 0.2) is 0 Å². The van der Waals surface area contributed by atoms with Gasteiger partial charge in [0, 0.05) is 43.8 Å². The first kappa shape index (κ1) is 16.2. The number of nitrogens with zero attached hydrogens (tertiary/aromatic N) is 3. The van der Waals surface area contributed by atoms with Crippen LogP contribution < -0.4 is 15.5 Å². The first-order valence-electron chi connectivity index (χ1n) is 8.08. The minimum atomic E-state index is -0.432. The van der Waals surface area contributed by atoms with Crippen LogP contribution in [0.2, 0.25) is 0 Å². The zero-order chi connectivity index (χ0) is 16.8. The third kappa shape index (κ3) is 3.80. The van der Waals surface area contributed by atoms with E-state index in [1.807, 2.05) is 12.1 Å². The van der Waals surface area contributed by atoms with Gasteiger partial charge in [0.25, 0.3) is 0 Å². The maximum atomic E-state index is 12.0. The van der Waals surface area contributed by atoms with Gasteiger partial charge in [-0.2, -0.15) is 0 Å². The van der Waals surface area contributed by atoms with Crippen molar-refractivity contribution < 1.29 is 9.53 Å². The minimum absolute atomic E-state index is 0.312. The molecule has 0 aliphatic carbocycles. The number of piperazine rings is 1. The third-order valence-corrected chi connectivity index (χ3v) is 3.82. The van der Waals surface area contributed by atoms with E-state index in [4.69, 9.17) is 4.74 Å². The lowest BCUT2D eigenvalue weighted by molar-refractivity contribution is 0.0526. The van der Waals surface area contributed by atoms with Crippen molar-refractivity contribution in [1.82, 2.24) is 15.3 Å². The molecule has 0 spiro atoms. The highest BCUT2D eigenvalue weighted by molar-refractivity contribution is 5.95. The number of carbonyl (C=O) groups is 1. The van der Waals surface area contributed by atoms with Gasteiger partial charge < -0.3 is 20.3 Å². The molecule has 2 N–H and O–H groups in total. The zero-order valence-electron chi connectivity index (χ0n) is 13.7. The quantitative estimate of drug-likeness (QED) is 0.811. The molecule has 1 aromatic heterocycles. The molecule has 0 atom stereocenters. The molecule has 1 fully saturated rings. The molecule has 7 nitrogen and oxygen atoms in total. The Kier molecular flexibility index (Phi) is 5.22. The summed E-state index contributed by atoms with van der Waals surface area (Å²) in [5.41, 5.74) is 2.37. The summed E-state index contributed by atoms with van der Waals surface area (Å²) < 4.78 is 5.03. The van der Waals surface area contributed by atoms with Gasteiger partial charge in [-0.25, -0.2) is 14.8 Å². The summed E-state index contributed by atoms with van der Waals surface area (Å²) in [6.07, 6.45) is 2.86. The summed E-state index contributed by atoms with van der Waals surface area (Å²) in [5.74, 6) is 0.0106. The van der Waals surface area contributed by atoms with E-state index in [0.29, 0.717) is 18.0 Å². The zero-order valence-corrected chi connectivity index (χ0v) is 13.7. The number of esters is 1. The lowest BCUT2D eigenvalue weighted by Gasteiger charge is -2.29. The van der Waals surface area contributed by atoms with Crippen molar-refractivity contribution in [2.24, 2.45) is 0 Å². The molecule has 1 aliphatic heterocycles. The van der Waals surface area contributed by atoms with E-state index in [9.17, 15) is 4.79 Å². The Labute approximate surface area is 141 Å². The maximum Gasteiger partial charge on any atom is 0.343 e. The van der Waals surface area contributed by atoms with Crippen LogP contribution in [-0.2, 0) is 4.74 Å². The maximum absolute atomic E-state index is 12.0. The normalized spacial score (nSPS) is 14.3. The molecule has 0 radical (unpaired) electrons. The number of nitrogens with one attached hydrogen (secondary N) is 2. The van der Waals surface area contributed by atoms with Crippen LogP contribution in [-0.4, -0.2) is 48.7 Å². The molecule has 0 unspecified atom stereocenters. The van der Waals surface area contributed by atoms with Crippen LogP contribution in [0.25, 0.3) is 0 Å². The smallest absolute Gasteiger partial charge is 0.343 e. The summed E-state index contributed by atoms with van der Waals surface area (Å²) >= 11 is 0. The Morgan fingerprint density at radius 1 is 1.29 bits per heavy atom. The molecular weight excluding hydrogens is 306 g/mol. The molecule has 3 rings (SSSR count). The second-order valence-corrected chi connectivity index (χ2v) is 5.41. The number of hydrogen-bond acceptors (Lipinski definition) is 7. The average molecular weight is 327 g/mol. The van der Waals surface area contributed by atoms with Crippen LogP contribution in [0.4, 0.5) is 17.2 Å². The first-order valence-corrected chi connectivity index (χ1v) is 8.08. The fourth-order valence-corrected chi connectivity index (χ4v) is 2.60. The van der Waals surface area contributed by atoms with Crippen molar-refractivity contribution in [2.75, 3.05) is 43.0 Å². The molecule has 24 heavy (non-hydrogen) atoms. The lowest BCUT2D eigenvalue weighted by atomic mass is 10.2. The summed E-state index contributed by atoms with van der Waals surface area (Å²) in [7, 11) is 0. The molecule has 2 aromatic rings. The van der Waals surface area contributed by atoms with Crippen molar-refractivity contribution >= 4 is 23.2 Å². The number of carbonyl (C=O) groups excluding carboxylic acids is 1. The number of rotatable bonds is 5. The first-order chi connectivity index (χ1) is 11.8. The molecule has 7 heteroatoms. The van der Waals surface area contributed by atoms with E-state index >= 15 is 0 Å². The Hall–Kier alpha value is -2.67. The van der Waals surface area contributed by atoms with Gasteiger partial charge in [-0.15, -0.1) is 0 Å². The summed E-state index contributed by atoms with van der Waals surface area (Å²) in [6, 6.07) is 8.10. The van der Waals surface area contributed by atoms with E-state index in [2.05, 4.69) is 37.6 Å². The molecule has 0 amide bonds. The van der Waals surface area contributed by atoms with E-state index in [-0.39, 0.29) is 0 Å². The van der Waals surface area contributed by atoms with Crippen LogP contribution in [0.5, 0.6) is 0 Å². The molecule has 1 aliphatic rings. The monoisotopic (exact) mass is 327 g/mol. The van der Waals surface area contributed by atoms with Crippen LogP contribution >= 0.6 is 0 Å². The minimum Gasteiger partial charge on any atom is -0.462 e. The van der Waals surface area contributed by atoms with Gasteiger partial charge in [0.2, 0.25) is 0 Å². The highest BCUT2D eigenvalue weighted by Gasteiger charge is 2.15. The SMILES string of the molecule is CCOC(=O)c1cncnc1Nc1ccc(N2CCNCC2)cc1. The van der Waals surface area contributed by atoms with Gasteiger partial charge in [-0.05, 0) is 31.2 Å². The molecule has 2 heterocycles. The van der Waals surface area contributed by atoms with Gasteiger partial charge in [0.1, 0.15) is 17.7 Å². The summed E-state index contributed by atoms with van der Waals surface area (Å²) in [4.78, 5) is 22.4. The fraction of sp³-hybridized carbons (Fsp3) is 0.353. The topological polar surface area (TPSA) is 79.4 Å². The lowest BCUT2D eigenvalue weighted by Crippen LogP contribution is -2.43. The highest BCUT2D eigenvalue weighted by Crippen LogP contribution is 2.22. The predicted octanol–water partition coefficient (Wildman–Crippen LogP) is 1.81. The predicted molar refractivity (Wildman–Crippen MR) is 92.8 cm³/mol. The van der Waals surface area contributed by atoms with Crippen molar-refractivity contribution in [2.45, 2.75) is 6.92 Å². The van der Waals surface area contributed by atoms with E-state index in [0.717, 1.165) is 31.9 Å². The molecule has 126 valence electrons. The number of anilines is 3. The van der Waals surface area contributed by atoms with Crippen LogP contribution in [0.3, 0.4) is 0 Å². The number of benzene rings is 1. The Bertz CT molecular complexity index is 684. The van der Waals surface area contributed by atoms with Crippen LogP contribution in [0, 0.1) is 0 Å². The van der Waals surface area contributed by atoms with Gasteiger partial charge in [-0.1, -0.05) is 0 Å². The number of hydrogen-bond donors (Lipinski definition) is 2. The second-order valence-electron chi connectivity index (χ2n) is 5.41. The van der Waals surface area contributed by atoms with Gasteiger partial charge in [0.05, 0.1) is 6.61 Å². The summed E-state index contributed by atoms with van der Waals surface area (Å²) in [6.45, 7) is 6.10. The highest BCUT2D eigenvalue weighted by atomic mass is 16.5. The van der Waals surface area contributed by atoms with E-state index in [1.54, 1.807) is 6.92 Å². The van der Waals surface area contributed by atoms with Crippen molar-refractivity contribution in [3.8, 4) is 0 Å². The number of ether oxygens (including phenoxy) is 1. The molecule has 1 aromatic carbocycles. The van der Waals surface area contributed by atoms with Crippen LogP contribution in [0.1, 0.15) is 17.3 Å². The standard InChI is InChI=1S/C17H21N5O2/c1-2-24-17(23)15-11-19-12-20-16(15)21-13-3-5-14(6-4-13)22-9-7-18-8-10-22/h3-6,11-12,18H,2,7-10H2,1H3,(H,19,20,21). The number of aromatic nitrogens is 2. The van der Waals surface area contributed by atoms with Crippen molar-refractivity contribution in [3.63, 3.8) is 0 Å². The van der Waals surface area contributed by atoms with Crippen molar-refractivity contribution in [3.05, 3.63) is 42.4 Å². The van der Waals surface area contributed by atoms with Gasteiger partial charge >= 0.3 is 5.97 Å². The van der Waals surface area contributed by atoms with Gasteiger partial charge in [-0.3, -0.25) is 0 Å². The fourth-order valence-electron chi connectivity index (χ4n) is 2.60. The van der Waals surface area contributed by atoms with Crippen LogP contribution in [0.15, 0.2) is 36.8 Å². The van der Waals surface area contributed by atoms with E-state index in [1.165, 1.54) is 18.2 Å². The molecule has 0 bridgehead atoms. The molecular formula is C17H21N5O2. The molecule has 1 saturated heterocycles. The Morgan fingerprint density at radius 3 is 2.75 bits per heavy atom. The van der Waals surface area contributed by atoms with E-state index < -0.39 is 5.97 Å². The largest absolute Gasteiger partial charge is 0.462 e. The Morgan fingerprint density at radius 2 is 2.04 bits per heavy atom.